The SMILES string of the molecule is C1=CC2=C3C=CC=CN3PN2C=C1. The lowest BCUT2D eigenvalue weighted by atomic mass is 10.2. The highest BCUT2D eigenvalue weighted by atomic mass is 31.1. The molecule has 3 rings (SSSR count). The minimum absolute atomic E-state index is 0.684. The zero-order valence-corrected chi connectivity index (χ0v) is 8.01. The lowest BCUT2D eigenvalue weighted by Crippen LogP contribution is -2.01. The fourth-order valence-electron chi connectivity index (χ4n) is 1.59. The molecule has 0 amide bonds. The van der Waals surface area contributed by atoms with Crippen LogP contribution >= 0.6 is 8.88 Å². The molecule has 0 aromatic carbocycles. The van der Waals surface area contributed by atoms with Gasteiger partial charge in [-0.2, -0.15) is 0 Å². The van der Waals surface area contributed by atoms with Gasteiger partial charge in [0.1, 0.15) is 0 Å². The van der Waals surface area contributed by atoms with Crippen LogP contribution in [0.25, 0.3) is 0 Å². The quantitative estimate of drug-likeness (QED) is 0.539. The third-order valence-corrected chi connectivity index (χ3v) is 3.41. The normalized spacial score (nSPS) is 22.8. The highest BCUT2D eigenvalue weighted by Gasteiger charge is 2.25. The molecule has 0 aromatic heterocycles. The maximum atomic E-state index is 2.27. The Kier molecular flexibility index (Phi) is 1.44. The second-order valence-corrected chi connectivity index (χ2v) is 4.18. The van der Waals surface area contributed by atoms with Crippen molar-refractivity contribution < 1.29 is 0 Å². The van der Waals surface area contributed by atoms with E-state index >= 15 is 0 Å². The molecular weight excluding hydrogens is 179 g/mol. The Bertz CT molecular complexity index is 352. The molecule has 0 radical (unpaired) electrons. The molecule has 0 aromatic rings. The Morgan fingerprint density at radius 2 is 1.31 bits per heavy atom. The molecule has 3 aliphatic heterocycles. The van der Waals surface area contributed by atoms with Gasteiger partial charge in [0, 0.05) is 12.4 Å². The predicted octanol–water partition coefficient (Wildman–Crippen LogP) is 2.49. The third-order valence-electron chi connectivity index (χ3n) is 2.20. The molecule has 64 valence electrons. The molecule has 0 spiro atoms. The average Bonchev–Trinajstić information content (AvgIpc) is 2.56. The maximum Gasteiger partial charge on any atom is 0.0885 e. The van der Waals surface area contributed by atoms with Gasteiger partial charge >= 0.3 is 0 Å². The molecule has 0 unspecified atom stereocenters. The van der Waals surface area contributed by atoms with Gasteiger partial charge in [-0.3, -0.25) is 0 Å². The molecule has 3 aliphatic rings. The van der Waals surface area contributed by atoms with Crippen LogP contribution in [0.4, 0.5) is 0 Å². The topological polar surface area (TPSA) is 6.48 Å². The molecule has 0 saturated heterocycles. The van der Waals surface area contributed by atoms with E-state index in [0.29, 0.717) is 8.88 Å². The molecule has 0 N–H and O–H groups in total. The fraction of sp³-hybridized carbons (Fsp3) is 0. The van der Waals surface area contributed by atoms with Gasteiger partial charge in [-0.1, -0.05) is 12.2 Å². The smallest absolute Gasteiger partial charge is 0.0885 e. The molecular formula is C10H9N2P. The lowest BCUT2D eigenvalue weighted by molar-refractivity contribution is 0.781. The van der Waals surface area contributed by atoms with Crippen molar-refractivity contribution in [2.75, 3.05) is 0 Å². The number of rotatable bonds is 0. The van der Waals surface area contributed by atoms with Gasteiger partial charge in [-0.25, -0.2) is 0 Å². The van der Waals surface area contributed by atoms with E-state index in [1.165, 1.54) is 11.4 Å². The molecule has 3 heterocycles. The summed E-state index contributed by atoms with van der Waals surface area (Å²) in [5, 5.41) is 0. The minimum Gasteiger partial charge on any atom is -0.309 e. The molecule has 13 heavy (non-hydrogen) atoms. The standard InChI is InChI=1S/C10H9N2P/c1-3-7-11-9(5-1)10-6-2-4-8-12(10)13-11/h1-8,13H. The molecule has 2 nitrogen and oxygen atoms in total. The van der Waals surface area contributed by atoms with Gasteiger partial charge < -0.3 is 9.34 Å². The summed E-state index contributed by atoms with van der Waals surface area (Å²) in [6.45, 7) is 0. The van der Waals surface area contributed by atoms with Crippen molar-refractivity contribution in [2.45, 2.75) is 0 Å². The van der Waals surface area contributed by atoms with E-state index in [1.54, 1.807) is 0 Å². The van der Waals surface area contributed by atoms with Crippen molar-refractivity contribution in [3.8, 4) is 0 Å². The van der Waals surface area contributed by atoms with E-state index < -0.39 is 0 Å². The zero-order chi connectivity index (χ0) is 8.67. The second kappa shape index (κ2) is 2.61. The monoisotopic (exact) mass is 188 g/mol. The molecule has 0 fully saturated rings. The summed E-state index contributed by atoms with van der Waals surface area (Å²) < 4.78 is 4.55. The Balaban J connectivity index is 2.11. The van der Waals surface area contributed by atoms with E-state index in [4.69, 9.17) is 0 Å². The molecule has 0 atom stereocenters. The fourth-order valence-corrected chi connectivity index (χ4v) is 2.73. The van der Waals surface area contributed by atoms with Gasteiger partial charge in [0.25, 0.3) is 0 Å². The van der Waals surface area contributed by atoms with Crippen molar-refractivity contribution >= 4 is 8.88 Å². The first-order chi connectivity index (χ1) is 6.45. The number of hydrogen-bond acceptors (Lipinski definition) is 2. The summed E-state index contributed by atoms with van der Waals surface area (Å²) in [6.07, 6.45) is 16.9. The van der Waals surface area contributed by atoms with E-state index in [2.05, 4.69) is 58.2 Å². The van der Waals surface area contributed by atoms with Gasteiger partial charge in [0.2, 0.25) is 0 Å². The number of nitrogens with zero attached hydrogens (tertiary/aromatic N) is 2. The van der Waals surface area contributed by atoms with Crippen LogP contribution in [0.5, 0.6) is 0 Å². The average molecular weight is 188 g/mol. The summed E-state index contributed by atoms with van der Waals surface area (Å²) in [5.74, 6) is 0. The first kappa shape index (κ1) is 7.16. The van der Waals surface area contributed by atoms with E-state index in [9.17, 15) is 0 Å². The summed E-state index contributed by atoms with van der Waals surface area (Å²) in [5.41, 5.74) is 2.61. The van der Waals surface area contributed by atoms with Gasteiger partial charge in [0.05, 0.1) is 20.3 Å². The predicted molar refractivity (Wildman–Crippen MR) is 55.6 cm³/mol. The summed E-state index contributed by atoms with van der Waals surface area (Å²) in [6, 6.07) is 0. The minimum atomic E-state index is 0.684. The number of hydrogen-bond donors (Lipinski definition) is 0. The summed E-state index contributed by atoms with van der Waals surface area (Å²) >= 11 is 0. The van der Waals surface area contributed by atoms with Gasteiger partial charge in [-0.15, -0.1) is 0 Å². The summed E-state index contributed by atoms with van der Waals surface area (Å²) in [7, 11) is 0.684. The lowest BCUT2D eigenvalue weighted by Gasteiger charge is -2.18. The number of fused-ring (bicyclic) bond motifs is 2. The summed E-state index contributed by atoms with van der Waals surface area (Å²) in [4.78, 5) is 0. The Morgan fingerprint density at radius 1 is 0.769 bits per heavy atom. The molecule has 0 bridgehead atoms. The van der Waals surface area contributed by atoms with E-state index in [-0.39, 0.29) is 0 Å². The first-order valence-electron chi connectivity index (χ1n) is 4.24. The van der Waals surface area contributed by atoms with Crippen LogP contribution in [-0.2, 0) is 0 Å². The van der Waals surface area contributed by atoms with E-state index in [0.717, 1.165) is 0 Å². The maximum absolute atomic E-state index is 2.27. The Hall–Kier alpha value is -1.27. The van der Waals surface area contributed by atoms with Crippen molar-refractivity contribution in [2.24, 2.45) is 0 Å². The highest BCUT2D eigenvalue weighted by Crippen LogP contribution is 2.44. The Morgan fingerprint density at radius 3 is 1.85 bits per heavy atom. The third kappa shape index (κ3) is 0.991. The van der Waals surface area contributed by atoms with Crippen LogP contribution in [0.1, 0.15) is 0 Å². The molecule has 0 aliphatic carbocycles. The molecule has 0 saturated carbocycles. The zero-order valence-electron chi connectivity index (χ0n) is 7.01. The van der Waals surface area contributed by atoms with Crippen LogP contribution in [0.15, 0.2) is 60.3 Å². The van der Waals surface area contributed by atoms with Gasteiger partial charge in [0.15, 0.2) is 0 Å². The Labute approximate surface area is 79.1 Å². The van der Waals surface area contributed by atoms with Crippen molar-refractivity contribution in [1.82, 2.24) is 9.34 Å². The van der Waals surface area contributed by atoms with Crippen molar-refractivity contribution in [3.05, 3.63) is 60.3 Å². The van der Waals surface area contributed by atoms with Crippen LogP contribution in [-0.4, -0.2) is 9.34 Å². The largest absolute Gasteiger partial charge is 0.309 e. The van der Waals surface area contributed by atoms with Crippen LogP contribution in [0.2, 0.25) is 0 Å². The number of allylic oxidation sites excluding steroid dienone is 6. The van der Waals surface area contributed by atoms with Crippen LogP contribution < -0.4 is 0 Å². The van der Waals surface area contributed by atoms with E-state index in [1.807, 2.05) is 0 Å². The van der Waals surface area contributed by atoms with Crippen molar-refractivity contribution in [1.29, 1.82) is 0 Å². The molecule has 3 heteroatoms. The first-order valence-corrected chi connectivity index (χ1v) is 5.13. The van der Waals surface area contributed by atoms with Crippen LogP contribution in [0.3, 0.4) is 0 Å². The second-order valence-electron chi connectivity index (χ2n) is 3.01. The highest BCUT2D eigenvalue weighted by molar-refractivity contribution is 7.33. The van der Waals surface area contributed by atoms with Crippen LogP contribution in [0, 0.1) is 0 Å². The van der Waals surface area contributed by atoms with Crippen molar-refractivity contribution in [3.63, 3.8) is 0 Å². The van der Waals surface area contributed by atoms with Gasteiger partial charge in [-0.05, 0) is 24.3 Å².